The quantitative estimate of drug-likeness (QED) is 0.706. The van der Waals surface area contributed by atoms with Gasteiger partial charge in [-0.1, -0.05) is 0 Å². The van der Waals surface area contributed by atoms with E-state index in [0.717, 1.165) is 31.5 Å². The number of nitrogens with zero attached hydrogens (tertiary/aromatic N) is 1. The number of nitrogens with one attached hydrogen (secondary N) is 2. The zero-order valence-electron chi connectivity index (χ0n) is 8.42. The molecule has 2 rings (SSSR count). The summed E-state index contributed by atoms with van der Waals surface area (Å²) < 4.78 is 0. The van der Waals surface area contributed by atoms with Crippen LogP contribution < -0.4 is 10.9 Å². The van der Waals surface area contributed by atoms with Crippen LogP contribution in [-0.2, 0) is 0 Å². The topological polar surface area (TPSA) is 68.7 Å². The summed E-state index contributed by atoms with van der Waals surface area (Å²) in [7, 11) is 0. The Balaban J connectivity index is 2.39. The minimum atomic E-state index is -0.270. The number of hydrogen-bond donors (Lipinski definition) is 2. The lowest BCUT2D eigenvalue weighted by molar-refractivity contribution is 0.459. The van der Waals surface area contributed by atoms with E-state index in [9.17, 15) is 4.79 Å². The van der Waals surface area contributed by atoms with Gasteiger partial charge in [0.1, 0.15) is 11.6 Å². The third-order valence-electron chi connectivity index (χ3n) is 2.88. The molecule has 0 spiro atoms. The predicted octanol–water partition coefficient (Wildman–Crippen LogP) is 0.714. The fourth-order valence-electron chi connectivity index (χ4n) is 2.08. The number of aromatic amines is 1. The summed E-state index contributed by atoms with van der Waals surface area (Å²) >= 11 is 0. The third kappa shape index (κ3) is 1.92. The largest absolute Gasteiger partial charge is 0.328 e. The molecule has 4 nitrogen and oxygen atoms in total. The van der Waals surface area contributed by atoms with Crippen LogP contribution >= 0.6 is 0 Å². The first-order valence-corrected chi connectivity index (χ1v) is 5.15. The van der Waals surface area contributed by atoms with Crippen molar-refractivity contribution in [2.45, 2.75) is 18.8 Å². The number of nitriles is 1. The molecular formula is C11H13N3O. The molecule has 2 N–H and O–H groups in total. The van der Waals surface area contributed by atoms with Crippen molar-refractivity contribution >= 4 is 0 Å². The summed E-state index contributed by atoms with van der Waals surface area (Å²) in [6, 6.07) is 3.85. The van der Waals surface area contributed by atoms with Crippen molar-refractivity contribution in [3.63, 3.8) is 0 Å². The molecule has 1 aromatic rings. The van der Waals surface area contributed by atoms with Crippen molar-refractivity contribution in [3.8, 4) is 6.07 Å². The van der Waals surface area contributed by atoms with E-state index < -0.39 is 0 Å². The van der Waals surface area contributed by atoms with E-state index in [4.69, 9.17) is 5.26 Å². The van der Waals surface area contributed by atoms with Crippen LogP contribution in [0, 0.1) is 11.3 Å². The van der Waals surface area contributed by atoms with Crippen molar-refractivity contribution in [2.75, 3.05) is 13.1 Å². The van der Waals surface area contributed by atoms with Gasteiger partial charge in [0.25, 0.3) is 5.56 Å². The molecule has 1 saturated heterocycles. The van der Waals surface area contributed by atoms with Crippen LogP contribution in [0.4, 0.5) is 0 Å². The monoisotopic (exact) mass is 203 g/mol. The van der Waals surface area contributed by atoms with Gasteiger partial charge in [0.15, 0.2) is 0 Å². The average molecular weight is 203 g/mol. The minimum absolute atomic E-state index is 0.270. The normalized spacial score (nSPS) is 17.3. The average Bonchev–Trinajstić information content (AvgIpc) is 2.30. The minimum Gasteiger partial charge on any atom is -0.328 e. The van der Waals surface area contributed by atoms with Crippen molar-refractivity contribution in [2.24, 2.45) is 0 Å². The highest BCUT2D eigenvalue weighted by atomic mass is 16.1. The predicted molar refractivity (Wildman–Crippen MR) is 56.6 cm³/mol. The zero-order valence-corrected chi connectivity index (χ0v) is 8.42. The van der Waals surface area contributed by atoms with Gasteiger partial charge in [0.2, 0.25) is 0 Å². The molecule has 0 aliphatic carbocycles. The summed E-state index contributed by atoms with van der Waals surface area (Å²) in [5.74, 6) is 0.350. The van der Waals surface area contributed by atoms with Gasteiger partial charge < -0.3 is 10.3 Å². The lowest BCUT2D eigenvalue weighted by Crippen LogP contribution is -2.28. The Bertz CT molecular complexity index is 438. The molecule has 4 heteroatoms. The molecule has 1 aromatic heterocycles. The third-order valence-corrected chi connectivity index (χ3v) is 2.88. The van der Waals surface area contributed by atoms with Gasteiger partial charge in [-0.25, -0.2) is 0 Å². The molecule has 15 heavy (non-hydrogen) atoms. The summed E-state index contributed by atoms with van der Waals surface area (Å²) in [6.45, 7) is 1.92. The smallest absolute Gasteiger partial charge is 0.266 e. The Morgan fingerprint density at radius 1 is 1.40 bits per heavy atom. The van der Waals surface area contributed by atoms with Crippen molar-refractivity contribution < 1.29 is 0 Å². The Labute approximate surface area is 87.9 Å². The second kappa shape index (κ2) is 4.28. The molecule has 0 unspecified atom stereocenters. The summed E-state index contributed by atoms with van der Waals surface area (Å²) in [5.41, 5.74) is 0.917. The van der Waals surface area contributed by atoms with Gasteiger partial charge in [0.05, 0.1) is 0 Å². The van der Waals surface area contributed by atoms with Crippen LogP contribution in [-0.4, -0.2) is 18.1 Å². The Kier molecular flexibility index (Phi) is 2.84. The maximum Gasteiger partial charge on any atom is 0.266 e. The number of hydrogen-bond acceptors (Lipinski definition) is 3. The number of piperidine rings is 1. The van der Waals surface area contributed by atoms with Crippen molar-refractivity contribution in [3.05, 3.63) is 33.7 Å². The molecule has 0 bridgehead atoms. The first kappa shape index (κ1) is 9.94. The summed E-state index contributed by atoms with van der Waals surface area (Å²) in [5, 5.41) is 12.2. The maximum atomic E-state index is 11.4. The Morgan fingerprint density at radius 3 is 2.80 bits per heavy atom. The maximum absolute atomic E-state index is 11.4. The Hall–Kier alpha value is -1.60. The molecule has 2 heterocycles. The molecule has 0 atom stereocenters. The standard InChI is InChI=1S/C11H13N3O/c12-7-10-9(3-6-14-11(10)15)8-1-4-13-5-2-8/h3,6,8,13H,1-2,4-5H2,(H,14,15). The van der Waals surface area contributed by atoms with Gasteiger partial charge in [-0.15, -0.1) is 0 Å². The van der Waals surface area contributed by atoms with E-state index in [1.807, 2.05) is 12.1 Å². The molecule has 78 valence electrons. The van der Waals surface area contributed by atoms with Crippen LogP contribution in [0.1, 0.15) is 29.9 Å². The fourth-order valence-corrected chi connectivity index (χ4v) is 2.08. The fraction of sp³-hybridized carbons (Fsp3) is 0.455. The number of H-pyrrole nitrogens is 1. The highest BCUT2D eigenvalue weighted by Crippen LogP contribution is 2.25. The first-order valence-electron chi connectivity index (χ1n) is 5.15. The molecule has 1 fully saturated rings. The summed E-state index contributed by atoms with van der Waals surface area (Å²) in [6.07, 6.45) is 3.62. The van der Waals surface area contributed by atoms with Crippen LogP contribution in [0.2, 0.25) is 0 Å². The molecule has 0 amide bonds. The van der Waals surface area contributed by atoms with Gasteiger partial charge in [-0.2, -0.15) is 5.26 Å². The zero-order chi connectivity index (χ0) is 10.7. The highest BCUT2D eigenvalue weighted by molar-refractivity contribution is 5.37. The van der Waals surface area contributed by atoms with Crippen molar-refractivity contribution in [1.29, 1.82) is 5.26 Å². The van der Waals surface area contributed by atoms with Gasteiger partial charge in [-0.05, 0) is 43.5 Å². The van der Waals surface area contributed by atoms with E-state index in [-0.39, 0.29) is 11.1 Å². The molecule has 0 aromatic carbocycles. The second-order valence-corrected chi connectivity index (χ2v) is 3.77. The van der Waals surface area contributed by atoms with E-state index in [1.165, 1.54) is 0 Å². The molecule has 1 aliphatic heterocycles. The highest BCUT2D eigenvalue weighted by Gasteiger charge is 2.19. The van der Waals surface area contributed by atoms with E-state index in [1.54, 1.807) is 6.20 Å². The van der Waals surface area contributed by atoms with E-state index in [0.29, 0.717) is 5.92 Å². The van der Waals surface area contributed by atoms with Gasteiger partial charge in [-0.3, -0.25) is 4.79 Å². The van der Waals surface area contributed by atoms with Crippen LogP contribution in [0.15, 0.2) is 17.1 Å². The number of rotatable bonds is 1. The van der Waals surface area contributed by atoms with Crippen LogP contribution in [0.25, 0.3) is 0 Å². The van der Waals surface area contributed by atoms with Crippen LogP contribution in [0.5, 0.6) is 0 Å². The molecular weight excluding hydrogens is 190 g/mol. The van der Waals surface area contributed by atoms with E-state index >= 15 is 0 Å². The number of aromatic nitrogens is 1. The van der Waals surface area contributed by atoms with Crippen molar-refractivity contribution in [1.82, 2.24) is 10.3 Å². The SMILES string of the molecule is N#Cc1c(C2CCNCC2)cc[nH]c1=O. The lowest BCUT2D eigenvalue weighted by Gasteiger charge is -2.23. The second-order valence-electron chi connectivity index (χ2n) is 3.77. The first-order chi connectivity index (χ1) is 7.33. The molecule has 1 aliphatic rings. The number of pyridine rings is 1. The Morgan fingerprint density at radius 2 is 2.13 bits per heavy atom. The molecule has 0 radical (unpaired) electrons. The van der Waals surface area contributed by atoms with Crippen LogP contribution in [0.3, 0.4) is 0 Å². The van der Waals surface area contributed by atoms with Gasteiger partial charge >= 0.3 is 0 Å². The summed E-state index contributed by atoms with van der Waals surface area (Å²) in [4.78, 5) is 14.0. The van der Waals surface area contributed by atoms with E-state index in [2.05, 4.69) is 10.3 Å². The molecule has 0 saturated carbocycles. The lowest BCUT2D eigenvalue weighted by atomic mass is 9.88. The van der Waals surface area contributed by atoms with Gasteiger partial charge in [0, 0.05) is 6.20 Å².